The Balaban J connectivity index is 1.53. The second-order valence-electron chi connectivity index (χ2n) is 7.17. The minimum atomic E-state index is -0.310. The smallest absolute Gasteiger partial charge is 0.274 e. The lowest BCUT2D eigenvalue weighted by Crippen LogP contribution is -2.23. The molecule has 0 aliphatic rings. The Bertz CT molecular complexity index is 1310. The van der Waals surface area contributed by atoms with Crippen molar-refractivity contribution in [3.8, 4) is 5.75 Å². The van der Waals surface area contributed by atoms with Crippen molar-refractivity contribution in [3.05, 3.63) is 87.6 Å². The molecule has 1 amide bonds. The fourth-order valence-electron chi connectivity index (χ4n) is 3.08. The van der Waals surface area contributed by atoms with Crippen molar-refractivity contribution in [1.29, 1.82) is 0 Å². The van der Waals surface area contributed by atoms with Gasteiger partial charge in [-0.25, -0.2) is 4.98 Å². The Hall–Kier alpha value is -3.65. The zero-order valence-electron chi connectivity index (χ0n) is 16.9. The first kappa shape index (κ1) is 20.6. The molecule has 0 bridgehead atoms. The summed E-state index contributed by atoms with van der Waals surface area (Å²) in [5.74, 6) is 0.450. The first-order valence-corrected chi connectivity index (χ1v) is 10.0. The van der Waals surface area contributed by atoms with E-state index in [2.05, 4.69) is 15.3 Å². The van der Waals surface area contributed by atoms with Gasteiger partial charge in [0, 0.05) is 22.7 Å². The van der Waals surface area contributed by atoms with Gasteiger partial charge in [0.25, 0.3) is 17.2 Å². The fourth-order valence-corrected chi connectivity index (χ4v) is 3.27. The predicted octanol–water partition coefficient (Wildman–Crippen LogP) is 3.96. The summed E-state index contributed by atoms with van der Waals surface area (Å²) in [5.41, 5.74) is 1.13. The summed E-state index contributed by atoms with van der Waals surface area (Å²) in [6, 6.07) is 15.2. The molecule has 0 saturated heterocycles. The summed E-state index contributed by atoms with van der Waals surface area (Å²) in [6.45, 7) is 3.96. The van der Waals surface area contributed by atoms with Gasteiger partial charge in [-0.1, -0.05) is 29.8 Å². The van der Waals surface area contributed by atoms with Crippen LogP contribution < -0.4 is 15.6 Å². The summed E-state index contributed by atoms with van der Waals surface area (Å²) in [6.07, 6.45) is 1.58. The van der Waals surface area contributed by atoms with Crippen LogP contribution in [-0.2, 0) is 6.61 Å². The molecule has 0 aliphatic carbocycles. The normalized spacial score (nSPS) is 11.1. The number of carbonyl (C=O) groups excluding carboxylic acids is 1. The van der Waals surface area contributed by atoms with E-state index in [4.69, 9.17) is 16.3 Å². The molecule has 31 heavy (non-hydrogen) atoms. The second kappa shape index (κ2) is 8.61. The Morgan fingerprint density at radius 3 is 2.74 bits per heavy atom. The van der Waals surface area contributed by atoms with E-state index in [1.807, 2.05) is 13.8 Å². The standard InChI is InChI=1S/C22H20ClN5O3/c1-14(2)27-13-24-22-25-17(11-20(29)28(22)27)12-31-19-9-4-3-8-18(19)26-21(30)15-6-5-7-16(23)10-15/h3-11,13-14H,12H2,1-2H3,(H,26,30). The highest BCUT2D eigenvalue weighted by molar-refractivity contribution is 6.31. The highest BCUT2D eigenvalue weighted by Gasteiger charge is 2.13. The van der Waals surface area contributed by atoms with Crippen LogP contribution in [0.25, 0.3) is 5.78 Å². The van der Waals surface area contributed by atoms with Gasteiger partial charge in [-0.05, 0) is 44.2 Å². The molecule has 4 aromatic rings. The van der Waals surface area contributed by atoms with Crippen molar-refractivity contribution in [3.63, 3.8) is 0 Å². The van der Waals surface area contributed by atoms with Crippen molar-refractivity contribution in [2.75, 3.05) is 5.32 Å². The Kier molecular flexibility index (Phi) is 5.73. The molecule has 1 N–H and O–H groups in total. The van der Waals surface area contributed by atoms with Gasteiger partial charge in [-0.2, -0.15) is 9.50 Å². The Morgan fingerprint density at radius 1 is 1.16 bits per heavy atom. The molecule has 0 spiro atoms. The Morgan fingerprint density at radius 2 is 1.97 bits per heavy atom. The number of rotatable bonds is 6. The molecule has 158 valence electrons. The van der Waals surface area contributed by atoms with Crippen LogP contribution in [0.5, 0.6) is 5.75 Å². The molecule has 2 aromatic carbocycles. The van der Waals surface area contributed by atoms with Gasteiger partial charge in [0.2, 0.25) is 0 Å². The number of benzene rings is 2. The average Bonchev–Trinajstić information content (AvgIpc) is 3.18. The van der Waals surface area contributed by atoms with Gasteiger partial charge in [0.1, 0.15) is 18.7 Å². The summed E-state index contributed by atoms with van der Waals surface area (Å²) in [7, 11) is 0. The highest BCUT2D eigenvalue weighted by atomic mass is 35.5. The molecular weight excluding hydrogens is 418 g/mol. The molecule has 0 fully saturated rings. The van der Waals surface area contributed by atoms with Gasteiger partial charge in [-0.3, -0.25) is 14.3 Å². The third kappa shape index (κ3) is 4.44. The molecule has 0 unspecified atom stereocenters. The maximum Gasteiger partial charge on any atom is 0.274 e. The van der Waals surface area contributed by atoms with Crippen LogP contribution in [0.1, 0.15) is 35.9 Å². The van der Waals surface area contributed by atoms with E-state index < -0.39 is 0 Å². The first-order valence-electron chi connectivity index (χ1n) is 9.67. The van der Waals surface area contributed by atoms with Gasteiger partial charge >= 0.3 is 0 Å². The van der Waals surface area contributed by atoms with Crippen molar-refractivity contribution in [2.24, 2.45) is 0 Å². The third-order valence-corrected chi connectivity index (χ3v) is 4.82. The van der Waals surface area contributed by atoms with Crippen molar-refractivity contribution < 1.29 is 9.53 Å². The van der Waals surface area contributed by atoms with Crippen molar-refractivity contribution in [1.82, 2.24) is 19.2 Å². The zero-order chi connectivity index (χ0) is 22.0. The average molecular weight is 438 g/mol. The minimum Gasteiger partial charge on any atom is -0.485 e. The first-order chi connectivity index (χ1) is 14.9. The van der Waals surface area contributed by atoms with E-state index in [0.29, 0.717) is 33.5 Å². The van der Waals surface area contributed by atoms with Crippen LogP contribution in [0, 0.1) is 0 Å². The topological polar surface area (TPSA) is 90.5 Å². The minimum absolute atomic E-state index is 0.0460. The van der Waals surface area contributed by atoms with Crippen LogP contribution in [0.3, 0.4) is 0 Å². The van der Waals surface area contributed by atoms with E-state index in [-0.39, 0.29) is 24.1 Å². The summed E-state index contributed by atoms with van der Waals surface area (Å²) >= 11 is 5.97. The largest absolute Gasteiger partial charge is 0.485 e. The van der Waals surface area contributed by atoms with Gasteiger partial charge in [0.05, 0.1) is 11.4 Å². The number of amides is 1. The molecule has 8 nitrogen and oxygen atoms in total. The van der Waals surface area contributed by atoms with Crippen molar-refractivity contribution in [2.45, 2.75) is 26.5 Å². The number of fused-ring (bicyclic) bond motifs is 1. The van der Waals surface area contributed by atoms with Crippen LogP contribution >= 0.6 is 11.6 Å². The third-order valence-electron chi connectivity index (χ3n) is 4.58. The quantitative estimate of drug-likeness (QED) is 0.493. The summed E-state index contributed by atoms with van der Waals surface area (Å²) in [4.78, 5) is 33.7. The second-order valence-corrected chi connectivity index (χ2v) is 7.60. The molecule has 0 saturated carbocycles. The van der Waals surface area contributed by atoms with Crippen molar-refractivity contribution >= 4 is 29.0 Å². The molecule has 2 aromatic heterocycles. The molecule has 9 heteroatoms. The number of aromatic nitrogens is 4. The van der Waals surface area contributed by atoms with E-state index in [9.17, 15) is 9.59 Å². The molecule has 0 radical (unpaired) electrons. The molecule has 0 aliphatic heterocycles. The van der Waals surface area contributed by atoms with E-state index >= 15 is 0 Å². The van der Waals surface area contributed by atoms with E-state index in [0.717, 1.165) is 0 Å². The van der Waals surface area contributed by atoms with E-state index in [1.54, 1.807) is 59.5 Å². The lowest BCUT2D eigenvalue weighted by molar-refractivity contribution is 0.102. The van der Waals surface area contributed by atoms with Gasteiger partial charge in [0.15, 0.2) is 0 Å². The number of nitrogens with one attached hydrogen (secondary N) is 1. The number of carbonyl (C=O) groups is 1. The number of nitrogens with zero attached hydrogens (tertiary/aromatic N) is 4. The maximum atomic E-state index is 12.5. The van der Waals surface area contributed by atoms with Crippen LogP contribution in [0.4, 0.5) is 5.69 Å². The lowest BCUT2D eigenvalue weighted by atomic mass is 10.2. The van der Waals surface area contributed by atoms with Crippen LogP contribution in [0.2, 0.25) is 5.02 Å². The van der Waals surface area contributed by atoms with Gasteiger partial charge in [-0.15, -0.1) is 0 Å². The van der Waals surface area contributed by atoms with Gasteiger partial charge < -0.3 is 10.1 Å². The number of para-hydroxylation sites is 2. The predicted molar refractivity (Wildman–Crippen MR) is 118 cm³/mol. The highest BCUT2D eigenvalue weighted by Crippen LogP contribution is 2.25. The Labute approximate surface area is 183 Å². The lowest BCUT2D eigenvalue weighted by Gasteiger charge is -2.13. The number of halogens is 1. The SMILES string of the molecule is CC(C)n1cnc2nc(COc3ccccc3NC(=O)c3cccc(Cl)c3)cc(=O)n21. The van der Waals surface area contributed by atoms with Crippen LogP contribution in [-0.4, -0.2) is 25.1 Å². The molecule has 4 rings (SSSR count). The summed E-state index contributed by atoms with van der Waals surface area (Å²) < 4.78 is 9.00. The van der Waals surface area contributed by atoms with E-state index in [1.165, 1.54) is 10.6 Å². The number of hydrogen-bond acceptors (Lipinski definition) is 5. The maximum absolute atomic E-state index is 12.5. The number of anilines is 1. The molecular formula is C22H20ClN5O3. The molecule has 0 atom stereocenters. The zero-order valence-corrected chi connectivity index (χ0v) is 17.7. The van der Waals surface area contributed by atoms with Crippen LogP contribution in [0.15, 0.2) is 65.7 Å². The number of ether oxygens (including phenoxy) is 1. The fraction of sp³-hybridized carbons (Fsp3) is 0.182. The monoisotopic (exact) mass is 437 g/mol. The molecule has 2 heterocycles. The number of hydrogen-bond donors (Lipinski definition) is 1. The summed E-state index contributed by atoms with van der Waals surface area (Å²) in [5, 5.41) is 3.30.